The average molecular weight is 333 g/mol. The third kappa shape index (κ3) is 3.99. The monoisotopic (exact) mass is 333 g/mol. The van der Waals surface area contributed by atoms with E-state index in [0.29, 0.717) is 19.0 Å². The van der Waals surface area contributed by atoms with Crippen molar-refractivity contribution in [2.75, 3.05) is 19.8 Å². The Hall–Kier alpha value is -2.24. The van der Waals surface area contributed by atoms with Crippen LogP contribution in [0.2, 0.25) is 0 Å². The van der Waals surface area contributed by atoms with Crippen molar-refractivity contribution < 1.29 is 23.8 Å². The summed E-state index contributed by atoms with van der Waals surface area (Å²) in [5.74, 6) is 1.02. The average Bonchev–Trinajstić information content (AvgIpc) is 3.42. The van der Waals surface area contributed by atoms with Crippen molar-refractivity contribution >= 4 is 11.9 Å². The van der Waals surface area contributed by atoms with Crippen LogP contribution in [0, 0.1) is 11.8 Å². The third-order valence-corrected chi connectivity index (χ3v) is 4.16. The van der Waals surface area contributed by atoms with Gasteiger partial charge in [0.05, 0.1) is 12.0 Å². The topological polar surface area (TPSA) is 73.9 Å². The fraction of sp³-hybridized carbons (Fsp3) is 0.556. The Bertz CT molecular complexity index is 624. The van der Waals surface area contributed by atoms with Crippen LogP contribution < -0.4 is 14.8 Å². The molecule has 1 heterocycles. The van der Waals surface area contributed by atoms with Gasteiger partial charge in [0.1, 0.15) is 13.2 Å². The van der Waals surface area contributed by atoms with Gasteiger partial charge in [-0.05, 0) is 36.5 Å². The smallest absolute Gasteiger partial charge is 0.309 e. The van der Waals surface area contributed by atoms with Crippen molar-refractivity contribution in [3.63, 3.8) is 0 Å². The predicted octanol–water partition coefficient (Wildman–Crippen LogP) is 2.22. The molecule has 130 valence electrons. The fourth-order valence-electron chi connectivity index (χ4n) is 2.68. The lowest BCUT2D eigenvalue weighted by Crippen LogP contribution is -2.35. The summed E-state index contributed by atoms with van der Waals surface area (Å²) < 4.78 is 16.2. The summed E-state index contributed by atoms with van der Waals surface area (Å²) >= 11 is 0. The van der Waals surface area contributed by atoms with E-state index in [1.54, 1.807) is 0 Å². The molecule has 1 fully saturated rings. The highest BCUT2D eigenvalue weighted by Gasteiger charge is 2.31. The van der Waals surface area contributed by atoms with E-state index in [0.717, 1.165) is 24.2 Å². The zero-order valence-corrected chi connectivity index (χ0v) is 14.0. The second-order valence-electron chi connectivity index (χ2n) is 6.57. The van der Waals surface area contributed by atoms with Crippen LogP contribution in [-0.2, 0) is 14.3 Å². The Morgan fingerprint density at radius 3 is 2.58 bits per heavy atom. The zero-order chi connectivity index (χ0) is 17.1. The predicted molar refractivity (Wildman–Crippen MR) is 86.8 cm³/mol. The number of fused-ring (bicyclic) bond motifs is 1. The number of hydrogen-bond donors (Lipinski definition) is 1. The first-order valence-corrected chi connectivity index (χ1v) is 8.40. The molecule has 1 aromatic rings. The fourth-order valence-corrected chi connectivity index (χ4v) is 2.68. The van der Waals surface area contributed by atoms with E-state index in [2.05, 4.69) is 5.32 Å². The first-order valence-electron chi connectivity index (χ1n) is 8.40. The summed E-state index contributed by atoms with van der Waals surface area (Å²) in [5.41, 5.74) is 0.941. The number of esters is 1. The second-order valence-corrected chi connectivity index (χ2v) is 6.57. The van der Waals surface area contributed by atoms with E-state index in [4.69, 9.17) is 14.2 Å². The van der Waals surface area contributed by atoms with Crippen LogP contribution in [0.25, 0.3) is 0 Å². The van der Waals surface area contributed by atoms with Crippen molar-refractivity contribution in [1.82, 2.24) is 5.32 Å². The first-order chi connectivity index (χ1) is 11.5. The molecule has 0 bridgehead atoms. The molecule has 1 aromatic carbocycles. The molecule has 0 unspecified atom stereocenters. The molecule has 0 saturated heterocycles. The maximum absolute atomic E-state index is 12.1. The molecule has 1 amide bonds. The molecule has 1 saturated carbocycles. The molecule has 0 radical (unpaired) electrons. The van der Waals surface area contributed by atoms with Gasteiger partial charge in [0.2, 0.25) is 0 Å². The molecule has 3 rings (SSSR count). The Morgan fingerprint density at radius 1 is 1.21 bits per heavy atom. The third-order valence-electron chi connectivity index (χ3n) is 4.16. The van der Waals surface area contributed by atoms with E-state index >= 15 is 0 Å². The number of nitrogens with one attached hydrogen (secondary N) is 1. The number of rotatable bonds is 6. The summed E-state index contributed by atoms with van der Waals surface area (Å²) in [5, 5.41) is 2.94. The van der Waals surface area contributed by atoms with Crippen molar-refractivity contribution in [2.24, 2.45) is 11.8 Å². The van der Waals surface area contributed by atoms with Crippen molar-refractivity contribution in [3.05, 3.63) is 23.8 Å². The van der Waals surface area contributed by atoms with Crippen LogP contribution >= 0.6 is 0 Å². The van der Waals surface area contributed by atoms with Gasteiger partial charge in [0, 0.05) is 0 Å². The molecular formula is C18H23NO5. The molecule has 1 aliphatic heterocycles. The highest BCUT2D eigenvalue weighted by molar-refractivity contribution is 5.82. The van der Waals surface area contributed by atoms with Crippen molar-refractivity contribution in [2.45, 2.75) is 32.7 Å². The normalized spacial score (nSPS) is 17.3. The van der Waals surface area contributed by atoms with Crippen LogP contribution in [0.4, 0.5) is 0 Å². The molecule has 6 nitrogen and oxygen atoms in total. The molecule has 0 spiro atoms. The van der Waals surface area contributed by atoms with Crippen LogP contribution in [0.5, 0.6) is 11.5 Å². The number of benzene rings is 1. The lowest BCUT2D eigenvalue weighted by molar-refractivity contribution is -0.150. The maximum Gasteiger partial charge on any atom is 0.309 e. The molecular weight excluding hydrogens is 310 g/mol. The Kier molecular flexibility index (Phi) is 4.92. The number of carbonyl (C=O) groups is 2. The van der Waals surface area contributed by atoms with Gasteiger partial charge in [-0.25, -0.2) is 0 Å². The standard InChI is InChI=1S/C18H23NO5/c1-11(2)17(19-16(20)10-24-18(21)12-3-4-12)13-5-6-14-15(9-13)23-8-7-22-14/h5-6,9,11-12,17H,3-4,7-8,10H2,1-2H3,(H,19,20)/t17-/m0/s1. The van der Waals surface area contributed by atoms with Gasteiger partial charge in [-0.1, -0.05) is 19.9 Å². The quantitative estimate of drug-likeness (QED) is 0.808. The lowest BCUT2D eigenvalue weighted by atomic mass is 9.95. The first kappa shape index (κ1) is 16.6. The van der Waals surface area contributed by atoms with Gasteiger partial charge in [-0.15, -0.1) is 0 Å². The Labute approximate surface area is 141 Å². The van der Waals surface area contributed by atoms with Gasteiger partial charge in [-0.3, -0.25) is 9.59 Å². The zero-order valence-electron chi connectivity index (χ0n) is 14.0. The van der Waals surface area contributed by atoms with Crippen molar-refractivity contribution in [1.29, 1.82) is 0 Å². The van der Waals surface area contributed by atoms with Crippen molar-refractivity contribution in [3.8, 4) is 11.5 Å². The summed E-state index contributed by atoms with van der Waals surface area (Å²) in [6.07, 6.45) is 1.73. The molecule has 0 aromatic heterocycles. The highest BCUT2D eigenvalue weighted by atomic mass is 16.6. The molecule has 24 heavy (non-hydrogen) atoms. The minimum absolute atomic E-state index is 0.00325. The second kappa shape index (κ2) is 7.11. The minimum Gasteiger partial charge on any atom is -0.486 e. The van der Waals surface area contributed by atoms with Crippen LogP contribution in [-0.4, -0.2) is 31.7 Å². The van der Waals surface area contributed by atoms with Gasteiger partial charge in [-0.2, -0.15) is 0 Å². The van der Waals surface area contributed by atoms with E-state index < -0.39 is 0 Å². The highest BCUT2D eigenvalue weighted by Crippen LogP contribution is 2.34. The molecule has 1 atom stereocenters. The Balaban J connectivity index is 1.63. The summed E-state index contributed by atoms with van der Waals surface area (Å²) in [6, 6.07) is 5.50. The lowest BCUT2D eigenvalue weighted by Gasteiger charge is -2.25. The van der Waals surface area contributed by atoms with Gasteiger partial charge >= 0.3 is 5.97 Å². The number of carbonyl (C=O) groups excluding carboxylic acids is 2. The summed E-state index contributed by atoms with van der Waals surface area (Å²) in [7, 11) is 0. The SMILES string of the molecule is CC(C)[C@H](NC(=O)COC(=O)C1CC1)c1ccc2c(c1)OCCO2. The number of hydrogen-bond acceptors (Lipinski definition) is 5. The largest absolute Gasteiger partial charge is 0.486 e. The molecule has 2 aliphatic rings. The molecule has 6 heteroatoms. The minimum atomic E-state index is -0.294. The van der Waals surface area contributed by atoms with Gasteiger partial charge in [0.25, 0.3) is 5.91 Å². The molecule has 1 aliphatic carbocycles. The van der Waals surface area contributed by atoms with Gasteiger partial charge < -0.3 is 19.5 Å². The summed E-state index contributed by atoms with van der Waals surface area (Å²) in [4.78, 5) is 23.7. The van der Waals surface area contributed by atoms with Gasteiger partial charge in [0.15, 0.2) is 18.1 Å². The van der Waals surface area contributed by atoms with E-state index in [1.165, 1.54) is 0 Å². The van der Waals surface area contributed by atoms with Crippen LogP contribution in [0.3, 0.4) is 0 Å². The number of amides is 1. The van der Waals surface area contributed by atoms with E-state index in [9.17, 15) is 9.59 Å². The maximum atomic E-state index is 12.1. The van der Waals surface area contributed by atoms with E-state index in [-0.39, 0.29) is 36.4 Å². The summed E-state index contributed by atoms with van der Waals surface area (Å²) in [6.45, 7) is 4.88. The van der Waals surface area contributed by atoms with E-state index in [1.807, 2.05) is 32.0 Å². The Morgan fingerprint density at radius 2 is 1.92 bits per heavy atom. The molecule has 1 N–H and O–H groups in total. The van der Waals surface area contributed by atoms with Crippen LogP contribution in [0.15, 0.2) is 18.2 Å². The van der Waals surface area contributed by atoms with Crippen LogP contribution in [0.1, 0.15) is 38.3 Å². The number of ether oxygens (including phenoxy) is 3.